The summed E-state index contributed by atoms with van der Waals surface area (Å²) in [5.41, 5.74) is 2.87. The molecule has 0 bridgehead atoms. The number of anilines is 3. The molecule has 9 nitrogen and oxygen atoms in total. The van der Waals surface area contributed by atoms with Gasteiger partial charge in [-0.1, -0.05) is 12.1 Å². The van der Waals surface area contributed by atoms with E-state index in [9.17, 15) is 4.79 Å². The van der Waals surface area contributed by atoms with Crippen molar-refractivity contribution in [2.75, 3.05) is 41.8 Å². The van der Waals surface area contributed by atoms with Crippen LogP contribution in [0.5, 0.6) is 0 Å². The molecule has 2 aliphatic heterocycles. The third kappa shape index (κ3) is 2.51. The Kier molecular flexibility index (Phi) is 3.76. The van der Waals surface area contributed by atoms with Crippen LogP contribution in [0.3, 0.4) is 0 Å². The van der Waals surface area contributed by atoms with Gasteiger partial charge in [0.15, 0.2) is 40.6 Å². The molecular formula is C21H23N7O2. The molecule has 1 aliphatic carbocycles. The molecule has 1 saturated carbocycles. The number of carbonyl (C=O) groups excluding carboxylic acids is 1. The van der Waals surface area contributed by atoms with Crippen LogP contribution >= 0.6 is 0 Å². The van der Waals surface area contributed by atoms with Gasteiger partial charge < -0.3 is 24.8 Å². The van der Waals surface area contributed by atoms with E-state index in [1.165, 1.54) is 0 Å². The van der Waals surface area contributed by atoms with Crippen molar-refractivity contribution in [3.63, 3.8) is 0 Å². The molecule has 3 aromatic rings. The van der Waals surface area contributed by atoms with Crippen molar-refractivity contribution < 1.29 is 9.53 Å². The quantitative estimate of drug-likeness (QED) is 0.637. The summed E-state index contributed by atoms with van der Waals surface area (Å²) in [5.74, 6) is 2.19. The first-order chi connectivity index (χ1) is 14.7. The van der Waals surface area contributed by atoms with Gasteiger partial charge in [0.05, 0.1) is 24.6 Å². The Hall–Kier alpha value is -3.20. The van der Waals surface area contributed by atoms with Gasteiger partial charge in [-0.2, -0.15) is 0 Å². The predicted molar refractivity (Wildman–Crippen MR) is 113 cm³/mol. The molecule has 6 rings (SSSR count). The number of aldehydes is 1. The first-order valence-electron chi connectivity index (χ1n) is 10.4. The lowest BCUT2D eigenvalue weighted by Gasteiger charge is -2.32. The van der Waals surface area contributed by atoms with E-state index in [2.05, 4.69) is 32.7 Å². The fraction of sp³-hybridized carbons (Fsp3) is 0.429. The maximum absolute atomic E-state index is 11.6. The largest absolute Gasteiger partial charge is 0.378 e. The van der Waals surface area contributed by atoms with Crippen LogP contribution in [0.15, 0.2) is 24.3 Å². The second-order valence-corrected chi connectivity index (χ2v) is 8.17. The zero-order valence-electron chi connectivity index (χ0n) is 16.8. The number of fused-ring (bicyclic) bond motifs is 2. The molecule has 2 aromatic heterocycles. The van der Waals surface area contributed by atoms with E-state index >= 15 is 0 Å². The zero-order chi connectivity index (χ0) is 20.3. The second kappa shape index (κ2) is 6.40. The fourth-order valence-corrected chi connectivity index (χ4v) is 4.51. The van der Waals surface area contributed by atoms with Crippen molar-refractivity contribution in [1.29, 1.82) is 0 Å². The van der Waals surface area contributed by atoms with Crippen molar-refractivity contribution in [3.8, 4) is 0 Å². The minimum absolute atomic E-state index is 0.349. The van der Waals surface area contributed by atoms with Gasteiger partial charge in [0.25, 0.3) is 0 Å². The number of benzene rings is 1. The standard InChI is InChI=1S/C21H23N7O2/c1-27-16(12-29)22-17-18(27)23-20(24-19(17)28-8-10-30-11-9-28)21(13-6-7-13)25-14-4-2-3-5-15(14)26-21/h2-5,12-13,25-26H,6-11H2,1H3. The number of rotatable bonds is 4. The molecule has 0 radical (unpaired) electrons. The minimum atomic E-state index is -0.565. The Labute approximate surface area is 173 Å². The second-order valence-electron chi connectivity index (χ2n) is 8.17. The van der Waals surface area contributed by atoms with Crippen molar-refractivity contribution in [1.82, 2.24) is 19.5 Å². The van der Waals surface area contributed by atoms with Gasteiger partial charge in [0.2, 0.25) is 0 Å². The predicted octanol–water partition coefficient (Wildman–Crippen LogP) is 2.11. The maximum Gasteiger partial charge on any atom is 0.185 e. The Morgan fingerprint density at radius 3 is 2.43 bits per heavy atom. The van der Waals surface area contributed by atoms with E-state index in [4.69, 9.17) is 14.7 Å². The van der Waals surface area contributed by atoms with Crippen LogP contribution in [-0.4, -0.2) is 52.1 Å². The number of aromatic nitrogens is 4. The lowest BCUT2D eigenvalue weighted by Crippen LogP contribution is -2.44. The SMILES string of the molecule is Cn1c(C=O)nc2c(N3CCOCC3)nc(C3(C4CC4)Nc4ccccc4N3)nc21. The summed E-state index contributed by atoms with van der Waals surface area (Å²) in [7, 11) is 1.83. The van der Waals surface area contributed by atoms with Gasteiger partial charge >= 0.3 is 0 Å². The van der Waals surface area contributed by atoms with Gasteiger partial charge in [-0.15, -0.1) is 0 Å². The molecule has 1 saturated heterocycles. The smallest absolute Gasteiger partial charge is 0.185 e. The molecule has 9 heteroatoms. The molecule has 1 aromatic carbocycles. The van der Waals surface area contributed by atoms with Crippen LogP contribution < -0.4 is 15.5 Å². The summed E-state index contributed by atoms with van der Waals surface area (Å²) in [6.45, 7) is 2.75. The Morgan fingerprint density at radius 2 is 1.80 bits per heavy atom. The van der Waals surface area contributed by atoms with Crippen LogP contribution in [0, 0.1) is 5.92 Å². The molecule has 0 unspecified atom stereocenters. The first-order valence-corrected chi connectivity index (χ1v) is 10.4. The first kappa shape index (κ1) is 17.6. The highest BCUT2D eigenvalue weighted by molar-refractivity contribution is 5.89. The molecule has 0 spiro atoms. The topological polar surface area (TPSA) is 97.2 Å². The lowest BCUT2D eigenvalue weighted by molar-refractivity contribution is 0.111. The van der Waals surface area contributed by atoms with Crippen molar-refractivity contribution in [3.05, 3.63) is 35.9 Å². The van der Waals surface area contributed by atoms with Gasteiger partial charge in [-0.25, -0.2) is 15.0 Å². The monoisotopic (exact) mass is 405 g/mol. The molecular weight excluding hydrogens is 382 g/mol. The Morgan fingerprint density at radius 1 is 1.10 bits per heavy atom. The molecule has 2 N–H and O–H groups in total. The number of aryl methyl sites for hydroxylation is 1. The number of imidazole rings is 1. The van der Waals surface area contributed by atoms with Crippen molar-refractivity contribution in [2.45, 2.75) is 18.5 Å². The normalized spacial score (nSPS) is 20.0. The van der Waals surface area contributed by atoms with Gasteiger partial charge in [-0.05, 0) is 25.0 Å². The van der Waals surface area contributed by atoms with Crippen molar-refractivity contribution in [2.24, 2.45) is 13.0 Å². The van der Waals surface area contributed by atoms with Crippen LogP contribution in [0.25, 0.3) is 11.2 Å². The van der Waals surface area contributed by atoms with E-state index < -0.39 is 5.66 Å². The highest BCUT2D eigenvalue weighted by Crippen LogP contribution is 2.52. The summed E-state index contributed by atoms with van der Waals surface area (Å²) < 4.78 is 7.28. The van der Waals surface area contributed by atoms with Gasteiger partial charge in [0.1, 0.15) is 0 Å². The zero-order valence-corrected chi connectivity index (χ0v) is 16.8. The highest BCUT2D eigenvalue weighted by atomic mass is 16.5. The van der Waals surface area contributed by atoms with Crippen LogP contribution in [0.4, 0.5) is 17.2 Å². The third-order valence-electron chi connectivity index (χ3n) is 6.28. The fourth-order valence-electron chi connectivity index (χ4n) is 4.51. The number of carbonyl (C=O) groups is 1. The number of hydrogen-bond donors (Lipinski definition) is 2. The van der Waals surface area contributed by atoms with Gasteiger partial charge in [-0.3, -0.25) is 4.79 Å². The number of ether oxygens (including phenoxy) is 1. The summed E-state index contributed by atoms with van der Waals surface area (Å²) >= 11 is 0. The highest BCUT2D eigenvalue weighted by Gasteiger charge is 2.52. The molecule has 30 heavy (non-hydrogen) atoms. The average Bonchev–Trinajstić information content (AvgIpc) is 3.50. The van der Waals surface area contributed by atoms with Crippen LogP contribution in [0.1, 0.15) is 29.3 Å². The van der Waals surface area contributed by atoms with E-state index in [1.807, 2.05) is 19.2 Å². The number of nitrogens with one attached hydrogen (secondary N) is 2. The van der Waals surface area contributed by atoms with E-state index in [1.54, 1.807) is 4.57 Å². The molecule has 2 fully saturated rings. The van der Waals surface area contributed by atoms with Crippen molar-refractivity contribution >= 4 is 34.6 Å². The summed E-state index contributed by atoms with van der Waals surface area (Å²) in [5, 5.41) is 7.37. The Balaban J connectivity index is 1.56. The van der Waals surface area contributed by atoms with Gasteiger partial charge in [0, 0.05) is 26.1 Å². The lowest BCUT2D eigenvalue weighted by atomic mass is 10.0. The molecule has 154 valence electrons. The van der Waals surface area contributed by atoms with Crippen LogP contribution in [-0.2, 0) is 17.4 Å². The third-order valence-corrected chi connectivity index (χ3v) is 6.28. The Bertz CT molecular complexity index is 1120. The summed E-state index contributed by atoms with van der Waals surface area (Å²) in [6, 6.07) is 8.19. The maximum atomic E-state index is 11.6. The van der Waals surface area contributed by atoms with E-state index in [-0.39, 0.29) is 0 Å². The number of morpholine rings is 1. The minimum Gasteiger partial charge on any atom is -0.378 e. The number of nitrogens with zero attached hydrogens (tertiary/aromatic N) is 5. The van der Waals surface area contributed by atoms with E-state index in [0.29, 0.717) is 41.9 Å². The summed E-state index contributed by atoms with van der Waals surface area (Å²) in [6.07, 6.45) is 2.98. The van der Waals surface area contributed by atoms with Crippen LogP contribution in [0.2, 0.25) is 0 Å². The average molecular weight is 405 g/mol. The molecule has 0 atom stereocenters. The molecule has 0 amide bonds. The summed E-state index contributed by atoms with van der Waals surface area (Å²) in [4.78, 5) is 28.3. The van der Waals surface area contributed by atoms with E-state index in [0.717, 1.165) is 49.4 Å². The number of para-hydroxylation sites is 2. The molecule has 3 aliphatic rings. The number of hydrogen-bond acceptors (Lipinski definition) is 8. The molecule has 4 heterocycles.